The van der Waals surface area contributed by atoms with Gasteiger partial charge in [0, 0.05) is 35.9 Å². The molecule has 2 heterocycles. The molecule has 28 heavy (non-hydrogen) atoms. The number of anilines is 2. The number of nitrogens with one attached hydrogen (secondary N) is 2. The molecule has 2 amide bonds. The van der Waals surface area contributed by atoms with Crippen LogP contribution in [-0.4, -0.2) is 31.4 Å². The maximum absolute atomic E-state index is 12.6. The van der Waals surface area contributed by atoms with Gasteiger partial charge in [-0.05, 0) is 58.0 Å². The lowest BCUT2D eigenvalue weighted by atomic mass is 10.2. The Morgan fingerprint density at radius 2 is 1.21 bits per heavy atom. The van der Waals surface area contributed by atoms with Crippen LogP contribution in [0.15, 0.2) is 48.8 Å². The molecular weight excluding hydrogens is 356 g/mol. The molecule has 0 unspecified atom stereocenters. The van der Waals surface area contributed by atoms with E-state index in [2.05, 4.69) is 20.8 Å². The van der Waals surface area contributed by atoms with Gasteiger partial charge in [0.1, 0.15) is 11.4 Å². The molecule has 0 bridgehead atoms. The normalized spacial score (nSPS) is 11.1. The minimum Gasteiger partial charge on any atom is -0.321 e. The summed E-state index contributed by atoms with van der Waals surface area (Å²) in [4.78, 5) is 25.1. The van der Waals surface area contributed by atoms with Crippen molar-refractivity contribution >= 4 is 23.2 Å². The SMILES string of the molecule is CC(C)n1nccc1C(=O)Nc1cccc(NC(=O)c2ccnn2C(C)C)c1. The van der Waals surface area contributed by atoms with E-state index in [0.29, 0.717) is 22.8 Å². The van der Waals surface area contributed by atoms with E-state index in [1.165, 1.54) is 0 Å². The second kappa shape index (κ2) is 8.08. The molecule has 0 aliphatic rings. The fourth-order valence-corrected chi connectivity index (χ4v) is 2.88. The Bertz CT molecular complexity index is 911. The van der Waals surface area contributed by atoms with Crippen LogP contribution in [0.25, 0.3) is 0 Å². The number of rotatable bonds is 6. The van der Waals surface area contributed by atoms with Crippen molar-refractivity contribution in [1.82, 2.24) is 19.6 Å². The Labute approximate surface area is 163 Å². The average molecular weight is 380 g/mol. The van der Waals surface area contributed by atoms with Crippen molar-refractivity contribution in [2.75, 3.05) is 10.6 Å². The fraction of sp³-hybridized carbons (Fsp3) is 0.300. The number of nitrogens with zero attached hydrogens (tertiary/aromatic N) is 4. The molecule has 2 N–H and O–H groups in total. The first-order valence-corrected chi connectivity index (χ1v) is 9.16. The minimum atomic E-state index is -0.257. The zero-order valence-corrected chi connectivity index (χ0v) is 16.4. The van der Waals surface area contributed by atoms with Crippen LogP contribution in [0.5, 0.6) is 0 Å². The van der Waals surface area contributed by atoms with E-state index in [1.54, 1.807) is 58.2 Å². The Morgan fingerprint density at radius 3 is 1.61 bits per heavy atom. The Kier molecular flexibility index (Phi) is 5.58. The first-order chi connectivity index (χ1) is 13.4. The maximum Gasteiger partial charge on any atom is 0.273 e. The number of aromatic nitrogens is 4. The van der Waals surface area contributed by atoms with E-state index in [4.69, 9.17) is 0 Å². The Morgan fingerprint density at radius 1 is 0.786 bits per heavy atom. The summed E-state index contributed by atoms with van der Waals surface area (Å²) < 4.78 is 3.32. The summed E-state index contributed by atoms with van der Waals surface area (Å²) in [6, 6.07) is 10.5. The standard InChI is InChI=1S/C20H24N6O2/c1-13(2)25-17(8-10-21-25)19(27)23-15-6-5-7-16(12-15)24-20(28)18-9-11-22-26(18)14(3)4/h5-14H,1-4H3,(H,23,27)(H,24,28). The summed E-state index contributed by atoms with van der Waals surface area (Å²) in [5.41, 5.74) is 2.11. The topological polar surface area (TPSA) is 93.8 Å². The fourth-order valence-electron chi connectivity index (χ4n) is 2.88. The molecule has 2 aromatic heterocycles. The van der Waals surface area contributed by atoms with Crippen LogP contribution < -0.4 is 10.6 Å². The van der Waals surface area contributed by atoms with Crippen molar-refractivity contribution < 1.29 is 9.59 Å². The summed E-state index contributed by atoms with van der Waals surface area (Å²) in [7, 11) is 0. The summed E-state index contributed by atoms with van der Waals surface area (Å²) in [5.74, 6) is -0.514. The zero-order valence-electron chi connectivity index (χ0n) is 16.4. The maximum atomic E-state index is 12.6. The summed E-state index contributed by atoms with van der Waals surface area (Å²) >= 11 is 0. The van der Waals surface area contributed by atoms with Crippen molar-refractivity contribution in [1.29, 1.82) is 0 Å². The van der Waals surface area contributed by atoms with Crippen LogP contribution in [0.1, 0.15) is 60.8 Å². The third kappa shape index (κ3) is 4.11. The first kappa shape index (κ1) is 19.3. The Balaban J connectivity index is 1.73. The lowest BCUT2D eigenvalue weighted by molar-refractivity contribution is 0.100. The van der Waals surface area contributed by atoms with Gasteiger partial charge in [0.25, 0.3) is 11.8 Å². The number of benzene rings is 1. The lowest BCUT2D eigenvalue weighted by Gasteiger charge is -2.13. The molecule has 0 spiro atoms. The predicted molar refractivity (Wildman–Crippen MR) is 108 cm³/mol. The summed E-state index contributed by atoms with van der Waals surface area (Å²) in [5, 5.41) is 14.1. The first-order valence-electron chi connectivity index (χ1n) is 9.16. The van der Waals surface area contributed by atoms with Gasteiger partial charge in [-0.15, -0.1) is 0 Å². The molecule has 3 rings (SSSR count). The van der Waals surface area contributed by atoms with Crippen molar-refractivity contribution in [3.05, 3.63) is 60.2 Å². The molecule has 0 aliphatic carbocycles. The zero-order chi connectivity index (χ0) is 20.3. The van der Waals surface area contributed by atoms with Crippen molar-refractivity contribution in [2.45, 2.75) is 39.8 Å². The van der Waals surface area contributed by atoms with Crippen LogP contribution in [0.2, 0.25) is 0 Å². The highest BCUT2D eigenvalue weighted by Crippen LogP contribution is 2.18. The molecular formula is C20H24N6O2. The second-order valence-electron chi connectivity index (χ2n) is 7.00. The largest absolute Gasteiger partial charge is 0.321 e. The van der Waals surface area contributed by atoms with E-state index < -0.39 is 0 Å². The van der Waals surface area contributed by atoms with Crippen LogP contribution in [0.4, 0.5) is 11.4 Å². The molecule has 8 heteroatoms. The molecule has 146 valence electrons. The predicted octanol–water partition coefficient (Wildman–Crippen LogP) is 3.75. The monoisotopic (exact) mass is 380 g/mol. The highest BCUT2D eigenvalue weighted by molar-refractivity contribution is 6.05. The van der Waals surface area contributed by atoms with Gasteiger partial charge >= 0.3 is 0 Å². The second-order valence-corrected chi connectivity index (χ2v) is 7.00. The summed E-state index contributed by atoms with van der Waals surface area (Å²) in [6.07, 6.45) is 3.20. The average Bonchev–Trinajstić information content (AvgIpc) is 3.31. The molecule has 0 saturated carbocycles. The van der Waals surface area contributed by atoms with Gasteiger partial charge in [-0.1, -0.05) is 6.07 Å². The van der Waals surface area contributed by atoms with E-state index >= 15 is 0 Å². The summed E-state index contributed by atoms with van der Waals surface area (Å²) in [6.45, 7) is 7.84. The molecule has 0 saturated heterocycles. The van der Waals surface area contributed by atoms with Crippen molar-refractivity contribution in [2.24, 2.45) is 0 Å². The Hall–Kier alpha value is -3.42. The number of carbonyl (C=O) groups excluding carboxylic acids is 2. The van der Waals surface area contributed by atoms with Crippen molar-refractivity contribution in [3.8, 4) is 0 Å². The molecule has 8 nitrogen and oxygen atoms in total. The smallest absolute Gasteiger partial charge is 0.273 e. The van der Waals surface area contributed by atoms with Gasteiger partial charge in [-0.25, -0.2) is 0 Å². The van der Waals surface area contributed by atoms with Gasteiger partial charge in [0.2, 0.25) is 0 Å². The molecule has 3 aromatic rings. The third-order valence-electron chi connectivity index (χ3n) is 4.16. The van der Waals surface area contributed by atoms with E-state index in [0.717, 1.165) is 0 Å². The van der Waals surface area contributed by atoms with Gasteiger partial charge in [0.05, 0.1) is 0 Å². The lowest BCUT2D eigenvalue weighted by Crippen LogP contribution is -2.20. The van der Waals surface area contributed by atoms with Gasteiger partial charge in [0.15, 0.2) is 0 Å². The number of hydrogen-bond acceptors (Lipinski definition) is 4. The number of hydrogen-bond donors (Lipinski definition) is 2. The van der Waals surface area contributed by atoms with E-state index in [9.17, 15) is 9.59 Å². The highest BCUT2D eigenvalue weighted by atomic mass is 16.2. The molecule has 0 aliphatic heterocycles. The van der Waals surface area contributed by atoms with Crippen LogP contribution in [0.3, 0.4) is 0 Å². The molecule has 0 atom stereocenters. The number of amides is 2. The van der Waals surface area contributed by atoms with Crippen LogP contribution >= 0.6 is 0 Å². The van der Waals surface area contributed by atoms with Crippen LogP contribution in [-0.2, 0) is 0 Å². The molecule has 1 aromatic carbocycles. The number of carbonyl (C=O) groups is 2. The van der Waals surface area contributed by atoms with E-state index in [-0.39, 0.29) is 23.9 Å². The van der Waals surface area contributed by atoms with Gasteiger partial charge in [-0.3, -0.25) is 19.0 Å². The molecule has 0 radical (unpaired) electrons. The third-order valence-corrected chi connectivity index (χ3v) is 4.16. The molecule has 0 fully saturated rings. The van der Waals surface area contributed by atoms with Crippen LogP contribution in [0, 0.1) is 0 Å². The quantitative estimate of drug-likeness (QED) is 0.681. The highest BCUT2D eigenvalue weighted by Gasteiger charge is 2.16. The van der Waals surface area contributed by atoms with Gasteiger partial charge in [-0.2, -0.15) is 10.2 Å². The minimum absolute atomic E-state index is 0.0761. The van der Waals surface area contributed by atoms with E-state index in [1.807, 2.05) is 27.7 Å². The van der Waals surface area contributed by atoms with Gasteiger partial charge < -0.3 is 10.6 Å². The van der Waals surface area contributed by atoms with Crippen molar-refractivity contribution in [3.63, 3.8) is 0 Å².